The molecule has 1 aliphatic rings. The number of hydrogen-bond acceptors (Lipinski definition) is 4. The van der Waals surface area contributed by atoms with Crippen molar-refractivity contribution in [3.8, 4) is 22.8 Å². The predicted molar refractivity (Wildman–Crippen MR) is 141 cm³/mol. The third-order valence-corrected chi connectivity index (χ3v) is 6.55. The lowest BCUT2D eigenvalue weighted by Crippen LogP contribution is -2.38. The molecule has 3 aromatic carbocycles. The van der Waals surface area contributed by atoms with Gasteiger partial charge in [0.15, 0.2) is 11.6 Å². The molecule has 2 amide bonds. The lowest BCUT2D eigenvalue weighted by Gasteiger charge is -2.26. The second kappa shape index (κ2) is 10.7. The largest absolute Gasteiger partial charge is 0.341 e. The number of amides is 2. The molecule has 0 spiro atoms. The summed E-state index contributed by atoms with van der Waals surface area (Å²) < 4.78 is 1.69. The van der Waals surface area contributed by atoms with E-state index in [-0.39, 0.29) is 18.4 Å². The van der Waals surface area contributed by atoms with Crippen LogP contribution in [0.3, 0.4) is 0 Å². The quantitative estimate of drug-likeness (QED) is 0.378. The molecule has 0 saturated carbocycles. The van der Waals surface area contributed by atoms with Crippen LogP contribution in [0.2, 0.25) is 5.02 Å². The molecular formula is C28H26ClN5O2. The average Bonchev–Trinajstić information content (AvgIpc) is 3.34. The van der Waals surface area contributed by atoms with Gasteiger partial charge in [-0.1, -0.05) is 54.1 Å². The van der Waals surface area contributed by atoms with E-state index in [9.17, 15) is 9.59 Å². The van der Waals surface area contributed by atoms with Gasteiger partial charge in [0.1, 0.15) is 6.54 Å². The molecule has 1 N–H and O–H groups in total. The SMILES string of the molecule is O=C(Nc1ccc(-c2nc(-c3ccccc3)n(CC(=O)N3CCCCC3)n2)cc1)c1ccccc1Cl. The Morgan fingerprint density at radius 3 is 2.25 bits per heavy atom. The van der Waals surface area contributed by atoms with Crippen molar-refractivity contribution >= 4 is 29.1 Å². The number of likely N-dealkylation sites (tertiary alicyclic amines) is 1. The van der Waals surface area contributed by atoms with Crippen LogP contribution in [0, 0.1) is 0 Å². The maximum atomic E-state index is 13.0. The second-order valence-corrected chi connectivity index (χ2v) is 9.14. The molecule has 1 fully saturated rings. The highest BCUT2D eigenvalue weighted by Crippen LogP contribution is 2.25. The van der Waals surface area contributed by atoms with Crippen LogP contribution >= 0.6 is 11.6 Å². The molecule has 0 bridgehead atoms. The summed E-state index contributed by atoms with van der Waals surface area (Å²) in [6.45, 7) is 1.73. The Kier molecular flexibility index (Phi) is 7.09. The van der Waals surface area contributed by atoms with E-state index in [1.807, 2.05) is 47.4 Å². The van der Waals surface area contributed by atoms with Crippen molar-refractivity contribution in [2.75, 3.05) is 18.4 Å². The van der Waals surface area contributed by atoms with E-state index >= 15 is 0 Å². The molecule has 36 heavy (non-hydrogen) atoms. The normalized spacial score (nSPS) is 13.4. The highest BCUT2D eigenvalue weighted by molar-refractivity contribution is 6.34. The number of nitrogens with one attached hydrogen (secondary N) is 1. The number of carbonyl (C=O) groups excluding carboxylic acids is 2. The molecule has 5 rings (SSSR count). The highest BCUT2D eigenvalue weighted by Gasteiger charge is 2.21. The standard InChI is InChI=1S/C28H26ClN5O2/c29-24-12-6-5-11-23(24)28(36)30-22-15-13-20(14-16-22)26-31-27(21-9-3-1-4-10-21)34(32-26)19-25(35)33-17-7-2-8-18-33/h1,3-6,9-16H,2,7-8,17-19H2,(H,30,36). The molecule has 1 aromatic heterocycles. The molecule has 0 atom stereocenters. The van der Waals surface area contributed by atoms with Crippen LogP contribution in [-0.4, -0.2) is 44.6 Å². The molecular weight excluding hydrogens is 474 g/mol. The summed E-state index contributed by atoms with van der Waals surface area (Å²) in [6, 6.07) is 24.0. The van der Waals surface area contributed by atoms with Gasteiger partial charge in [0.25, 0.3) is 5.91 Å². The zero-order valence-corrected chi connectivity index (χ0v) is 20.5. The van der Waals surface area contributed by atoms with Crippen molar-refractivity contribution in [1.29, 1.82) is 0 Å². The number of piperidine rings is 1. The topological polar surface area (TPSA) is 80.1 Å². The molecule has 0 aliphatic carbocycles. The maximum absolute atomic E-state index is 13.0. The Hall–Kier alpha value is -3.97. The van der Waals surface area contributed by atoms with Crippen LogP contribution in [0.1, 0.15) is 29.6 Å². The first-order valence-electron chi connectivity index (χ1n) is 12.0. The van der Waals surface area contributed by atoms with E-state index in [1.165, 1.54) is 6.42 Å². The van der Waals surface area contributed by atoms with E-state index in [4.69, 9.17) is 21.7 Å². The zero-order valence-electron chi connectivity index (χ0n) is 19.7. The summed E-state index contributed by atoms with van der Waals surface area (Å²) in [6.07, 6.45) is 3.25. The molecule has 0 unspecified atom stereocenters. The van der Waals surface area contributed by atoms with Crippen molar-refractivity contribution in [1.82, 2.24) is 19.7 Å². The van der Waals surface area contributed by atoms with Crippen LogP contribution in [0.15, 0.2) is 78.9 Å². The Labute approximate surface area is 214 Å². The summed E-state index contributed by atoms with van der Waals surface area (Å²) in [7, 11) is 0. The van der Waals surface area contributed by atoms with Gasteiger partial charge < -0.3 is 10.2 Å². The van der Waals surface area contributed by atoms with Gasteiger partial charge in [-0.05, 0) is 55.7 Å². The molecule has 8 heteroatoms. The van der Waals surface area contributed by atoms with Gasteiger partial charge in [-0.25, -0.2) is 9.67 Å². The minimum absolute atomic E-state index is 0.0564. The van der Waals surface area contributed by atoms with Crippen LogP contribution in [0.25, 0.3) is 22.8 Å². The minimum atomic E-state index is -0.279. The van der Waals surface area contributed by atoms with Gasteiger partial charge in [-0.3, -0.25) is 9.59 Å². The van der Waals surface area contributed by atoms with Crippen LogP contribution < -0.4 is 5.32 Å². The first-order chi connectivity index (χ1) is 17.6. The zero-order chi connectivity index (χ0) is 24.9. The van der Waals surface area contributed by atoms with Crippen molar-refractivity contribution < 1.29 is 9.59 Å². The number of nitrogens with zero attached hydrogens (tertiary/aromatic N) is 4. The molecule has 2 heterocycles. The highest BCUT2D eigenvalue weighted by atomic mass is 35.5. The third-order valence-electron chi connectivity index (χ3n) is 6.22. The van der Waals surface area contributed by atoms with E-state index < -0.39 is 0 Å². The minimum Gasteiger partial charge on any atom is -0.341 e. The fourth-order valence-corrected chi connectivity index (χ4v) is 4.51. The van der Waals surface area contributed by atoms with Gasteiger partial charge in [-0.2, -0.15) is 0 Å². The molecule has 0 radical (unpaired) electrons. The fourth-order valence-electron chi connectivity index (χ4n) is 4.29. The number of anilines is 1. The van der Waals surface area contributed by atoms with E-state index in [2.05, 4.69) is 5.32 Å². The lowest BCUT2D eigenvalue weighted by molar-refractivity contribution is -0.132. The summed E-state index contributed by atoms with van der Waals surface area (Å²) >= 11 is 6.14. The van der Waals surface area contributed by atoms with E-state index in [0.717, 1.165) is 37.1 Å². The molecule has 1 saturated heterocycles. The lowest BCUT2D eigenvalue weighted by atomic mass is 10.1. The summed E-state index contributed by atoms with van der Waals surface area (Å²) in [5, 5.41) is 7.95. The maximum Gasteiger partial charge on any atom is 0.257 e. The monoisotopic (exact) mass is 499 g/mol. The van der Waals surface area contributed by atoms with Gasteiger partial charge >= 0.3 is 0 Å². The molecule has 182 valence electrons. The number of benzene rings is 3. The molecule has 4 aromatic rings. The predicted octanol–water partition coefficient (Wildman–Crippen LogP) is 5.53. The van der Waals surface area contributed by atoms with Gasteiger partial charge in [-0.15, -0.1) is 5.10 Å². The number of halogens is 1. The summed E-state index contributed by atoms with van der Waals surface area (Å²) in [5.41, 5.74) is 2.72. The fraction of sp³-hybridized carbons (Fsp3) is 0.214. The van der Waals surface area contributed by atoms with Crippen molar-refractivity contribution in [3.05, 3.63) is 89.4 Å². The van der Waals surface area contributed by atoms with Gasteiger partial charge in [0, 0.05) is 29.9 Å². The average molecular weight is 500 g/mol. The second-order valence-electron chi connectivity index (χ2n) is 8.74. The number of aromatic nitrogens is 3. The Morgan fingerprint density at radius 2 is 1.53 bits per heavy atom. The number of hydrogen-bond donors (Lipinski definition) is 1. The molecule has 1 aliphatic heterocycles. The van der Waals surface area contributed by atoms with Crippen LogP contribution in [-0.2, 0) is 11.3 Å². The first-order valence-corrected chi connectivity index (χ1v) is 12.4. The van der Waals surface area contributed by atoms with Crippen molar-refractivity contribution in [2.24, 2.45) is 0 Å². The Morgan fingerprint density at radius 1 is 0.833 bits per heavy atom. The third kappa shape index (κ3) is 5.31. The van der Waals surface area contributed by atoms with E-state index in [1.54, 1.807) is 41.1 Å². The van der Waals surface area contributed by atoms with Crippen LogP contribution in [0.5, 0.6) is 0 Å². The van der Waals surface area contributed by atoms with Crippen molar-refractivity contribution in [2.45, 2.75) is 25.8 Å². The smallest absolute Gasteiger partial charge is 0.257 e. The van der Waals surface area contributed by atoms with Gasteiger partial charge in [0.05, 0.1) is 10.6 Å². The summed E-state index contributed by atoms with van der Waals surface area (Å²) in [5.74, 6) is 0.940. The summed E-state index contributed by atoms with van der Waals surface area (Å²) in [4.78, 5) is 32.2. The van der Waals surface area contributed by atoms with E-state index in [0.29, 0.717) is 27.9 Å². The number of carbonyl (C=O) groups is 2. The molecule has 7 nitrogen and oxygen atoms in total. The Balaban J connectivity index is 1.38. The van der Waals surface area contributed by atoms with Crippen LogP contribution in [0.4, 0.5) is 5.69 Å². The first kappa shape index (κ1) is 23.8. The number of rotatable bonds is 6. The Bertz CT molecular complexity index is 1360. The van der Waals surface area contributed by atoms with Gasteiger partial charge in [0.2, 0.25) is 5.91 Å². The van der Waals surface area contributed by atoms with Crippen molar-refractivity contribution in [3.63, 3.8) is 0 Å².